The van der Waals surface area contributed by atoms with Crippen LogP contribution in [-0.4, -0.2) is 59.6 Å². The second kappa shape index (κ2) is 11.0. The van der Waals surface area contributed by atoms with Crippen molar-refractivity contribution < 1.29 is 38.8 Å². The minimum absolute atomic E-state index is 0.0691. The zero-order valence-electron chi connectivity index (χ0n) is 25.9. The number of carbonyl (C=O) groups is 3. The Morgan fingerprint density at radius 2 is 1.90 bits per heavy atom. The van der Waals surface area contributed by atoms with Gasteiger partial charge < -0.3 is 24.4 Å². The van der Waals surface area contributed by atoms with Crippen LogP contribution in [0.2, 0.25) is 0 Å². The third-order valence-electron chi connectivity index (χ3n) is 11.3. The summed E-state index contributed by atoms with van der Waals surface area (Å²) in [5, 5.41) is 22.2. The molecule has 2 N–H and O–H groups in total. The van der Waals surface area contributed by atoms with Gasteiger partial charge >= 0.3 is 17.9 Å². The van der Waals surface area contributed by atoms with Gasteiger partial charge in [-0.3, -0.25) is 9.59 Å². The molecule has 0 spiro atoms. The highest BCUT2D eigenvalue weighted by molar-refractivity contribution is 5.88. The van der Waals surface area contributed by atoms with Gasteiger partial charge in [-0.15, -0.1) is 0 Å². The molecule has 0 aromatic heterocycles. The Bertz CT molecular complexity index is 1170. The molecule has 4 aliphatic rings. The number of fused-ring (bicyclic) bond motifs is 3. The first kappa shape index (κ1) is 31.5. The first-order valence-corrected chi connectivity index (χ1v) is 14.9. The van der Waals surface area contributed by atoms with E-state index in [0.29, 0.717) is 18.4 Å². The lowest BCUT2D eigenvalue weighted by atomic mass is 9.47. The Labute approximate surface area is 244 Å². The summed E-state index contributed by atoms with van der Waals surface area (Å²) < 4.78 is 16.4. The number of aliphatic hydroxyl groups excluding tert-OH is 1. The fourth-order valence-electron chi connectivity index (χ4n) is 8.83. The van der Waals surface area contributed by atoms with E-state index < -0.39 is 29.2 Å². The number of cyclic esters (lactones) is 1. The summed E-state index contributed by atoms with van der Waals surface area (Å²) in [7, 11) is 1.37. The minimum atomic E-state index is -1.10. The number of hydrogen-bond donors (Lipinski definition) is 2. The number of ether oxygens (including phenoxy) is 3. The summed E-state index contributed by atoms with van der Waals surface area (Å²) in [6.45, 7) is 13.4. The van der Waals surface area contributed by atoms with Crippen molar-refractivity contribution >= 4 is 17.9 Å². The van der Waals surface area contributed by atoms with Crippen LogP contribution in [-0.2, 0) is 28.6 Å². The third kappa shape index (κ3) is 5.20. The number of carbonyl (C=O) groups excluding carboxylic acids is 3. The summed E-state index contributed by atoms with van der Waals surface area (Å²) in [6.07, 6.45) is 8.29. The second-order valence-corrected chi connectivity index (χ2v) is 13.9. The summed E-state index contributed by atoms with van der Waals surface area (Å²) in [6, 6.07) is 0. The Balaban J connectivity index is 1.78. The molecule has 3 aliphatic carbocycles. The molecule has 41 heavy (non-hydrogen) atoms. The Morgan fingerprint density at radius 1 is 1.22 bits per heavy atom. The van der Waals surface area contributed by atoms with E-state index in [1.807, 2.05) is 0 Å². The molecular weight excluding hydrogens is 524 g/mol. The van der Waals surface area contributed by atoms with Crippen LogP contribution in [0.15, 0.2) is 34.9 Å². The van der Waals surface area contributed by atoms with Gasteiger partial charge in [0, 0.05) is 30.3 Å². The van der Waals surface area contributed by atoms with Crippen LogP contribution >= 0.6 is 0 Å². The van der Waals surface area contributed by atoms with E-state index >= 15 is 0 Å². The third-order valence-corrected chi connectivity index (χ3v) is 11.3. The quantitative estimate of drug-likeness (QED) is 0.314. The zero-order valence-corrected chi connectivity index (χ0v) is 25.9. The van der Waals surface area contributed by atoms with Crippen LogP contribution in [0, 0.1) is 34.0 Å². The second-order valence-electron chi connectivity index (χ2n) is 13.9. The van der Waals surface area contributed by atoms with Gasteiger partial charge in [-0.1, -0.05) is 32.9 Å². The van der Waals surface area contributed by atoms with Crippen LogP contribution in [0.4, 0.5) is 0 Å². The summed E-state index contributed by atoms with van der Waals surface area (Å²) in [4.78, 5) is 36.9. The molecule has 1 aliphatic heterocycles. The summed E-state index contributed by atoms with van der Waals surface area (Å²) >= 11 is 0. The topological polar surface area (TPSA) is 119 Å². The van der Waals surface area contributed by atoms with Gasteiger partial charge in [0.05, 0.1) is 12.7 Å². The van der Waals surface area contributed by atoms with Gasteiger partial charge in [0.25, 0.3) is 0 Å². The van der Waals surface area contributed by atoms with Gasteiger partial charge in [0.1, 0.15) is 18.8 Å². The van der Waals surface area contributed by atoms with Crippen molar-refractivity contribution in [1.82, 2.24) is 0 Å². The van der Waals surface area contributed by atoms with Crippen molar-refractivity contribution in [1.29, 1.82) is 0 Å². The maximum absolute atomic E-state index is 12.4. The summed E-state index contributed by atoms with van der Waals surface area (Å²) in [5.74, 6) is -1.30. The molecule has 1 heterocycles. The van der Waals surface area contributed by atoms with Crippen molar-refractivity contribution in [3.63, 3.8) is 0 Å². The highest BCUT2D eigenvalue weighted by Crippen LogP contribution is 2.70. The molecule has 1 fully saturated rings. The van der Waals surface area contributed by atoms with E-state index in [9.17, 15) is 24.6 Å². The molecule has 0 saturated heterocycles. The van der Waals surface area contributed by atoms with E-state index in [1.165, 1.54) is 19.6 Å². The molecule has 228 valence electrons. The monoisotopic (exact) mass is 572 g/mol. The van der Waals surface area contributed by atoms with Crippen LogP contribution in [0.1, 0.15) is 87.0 Å². The van der Waals surface area contributed by atoms with Gasteiger partial charge in [0.2, 0.25) is 0 Å². The molecule has 1 saturated carbocycles. The number of rotatable bonds is 8. The average molecular weight is 573 g/mol. The molecule has 0 amide bonds. The molecule has 0 radical (unpaired) electrons. The van der Waals surface area contributed by atoms with Crippen molar-refractivity contribution in [3.8, 4) is 0 Å². The number of methoxy groups -OCH3 is 1. The molecule has 8 nitrogen and oxygen atoms in total. The lowest BCUT2D eigenvalue weighted by Gasteiger charge is -2.58. The van der Waals surface area contributed by atoms with E-state index in [0.717, 1.165) is 24.8 Å². The number of allylic oxidation sites excluding steroid dienone is 3. The SMILES string of the molecule is COC(=O)CCC1(COC(C)=O)C2=CCC3(C)C(C(C)C4OC(=O)C(C)=CC4O)CCC3(C)C2=CCC1C(C)(C)O. The van der Waals surface area contributed by atoms with E-state index in [4.69, 9.17) is 14.2 Å². The predicted molar refractivity (Wildman–Crippen MR) is 153 cm³/mol. The molecule has 8 atom stereocenters. The zero-order chi connectivity index (χ0) is 30.5. The Morgan fingerprint density at radius 3 is 2.51 bits per heavy atom. The van der Waals surface area contributed by atoms with Crippen molar-refractivity contribution in [2.45, 2.75) is 105 Å². The molecule has 4 rings (SSSR count). The van der Waals surface area contributed by atoms with Gasteiger partial charge in [0.15, 0.2) is 0 Å². The minimum Gasteiger partial charge on any atom is -0.469 e. The lowest BCUT2D eigenvalue weighted by Crippen LogP contribution is -2.54. The molecule has 8 heteroatoms. The van der Waals surface area contributed by atoms with Crippen LogP contribution in [0.3, 0.4) is 0 Å². The summed E-state index contributed by atoms with van der Waals surface area (Å²) in [5.41, 5.74) is 0.364. The Hall–Kier alpha value is -2.45. The maximum atomic E-state index is 12.4. The number of hydrogen-bond acceptors (Lipinski definition) is 8. The van der Waals surface area contributed by atoms with E-state index in [2.05, 4.69) is 32.9 Å². The van der Waals surface area contributed by atoms with Crippen LogP contribution < -0.4 is 0 Å². The van der Waals surface area contributed by atoms with E-state index in [1.54, 1.807) is 26.8 Å². The van der Waals surface area contributed by atoms with Crippen molar-refractivity contribution in [3.05, 3.63) is 34.9 Å². The molecule has 8 unspecified atom stereocenters. The maximum Gasteiger partial charge on any atom is 0.333 e. The molecule has 0 aromatic carbocycles. The average Bonchev–Trinajstić information content (AvgIpc) is 3.18. The van der Waals surface area contributed by atoms with E-state index in [-0.39, 0.29) is 53.6 Å². The van der Waals surface area contributed by atoms with Crippen molar-refractivity contribution in [2.24, 2.45) is 34.0 Å². The van der Waals surface area contributed by atoms with Gasteiger partial charge in [-0.25, -0.2) is 4.79 Å². The standard InChI is InChI=1S/C33H48O8/c1-19-17-25(35)28(41-29(19)37)20(2)22-11-14-32(7)23-9-10-26(30(4,5)38)33(18-40-21(3)34,16-13-27(36)39-8)24(23)12-15-31(22,32)6/h9,12,17,20,22,25-26,28,35,38H,10-11,13-16,18H2,1-8H3. The first-order valence-electron chi connectivity index (χ1n) is 14.9. The van der Waals surface area contributed by atoms with Crippen LogP contribution in [0.5, 0.6) is 0 Å². The molecule has 0 aromatic rings. The first-order chi connectivity index (χ1) is 19.0. The normalized spacial score (nSPS) is 37.5. The fourth-order valence-corrected chi connectivity index (χ4v) is 8.83. The lowest BCUT2D eigenvalue weighted by molar-refractivity contribution is -0.158. The smallest absolute Gasteiger partial charge is 0.333 e. The predicted octanol–water partition coefficient (Wildman–Crippen LogP) is 4.83. The van der Waals surface area contributed by atoms with Crippen LogP contribution in [0.25, 0.3) is 0 Å². The highest BCUT2D eigenvalue weighted by Gasteiger charge is 2.63. The number of esters is 3. The molecular formula is C33H48O8. The number of aliphatic hydroxyl groups is 2. The van der Waals surface area contributed by atoms with Gasteiger partial charge in [-0.05, 0) is 92.8 Å². The van der Waals surface area contributed by atoms with Gasteiger partial charge in [-0.2, -0.15) is 0 Å². The largest absolute Gasteiger partial charge is 0.469 e. The highest BCUT2D eigenvalue weighted by atomic mass is 16.6. The van der Waals surface area contributed by atoms with Crippen molar-refractivity contribution in [2.75, 3.05) is 13.7 Å². The molecule has 0 bridgehead atoms. The fraction of sp³-hybridized carbons (Fsp3) is 0.727. The Kier molecular flexibility index (Phi) is 8.44.